The summed E-state index contributed by atoms with van der Waals surface area (Å²) in [6.07, 6.45) is 4.58. The summed E-state index contributed by atoms with van der Waals surface area (Å²) in [6, 6.07) is 2.65. The fourth-order valence-electron chi connectivity index (χ4n) is 2.68. The largest absolute Gasteiger partial charge is 0.481 e. The van der Waals surface area contributed by atoms with Crippen molar-refractivity contribution in [2.75, 3.05) is 0 Å². The van der Waals surface area contributed by atoms with Gasteiger partial charge in [-0.15, -0.1) is 11.3 Å². The van der Waals surface area contributed by atoms with E-state index < -0.39 is 5.97 Å². The average Bonchev–Trinajstić information content (AvgIpc) is 2.78. The standard InChI is InChI=1S/C12H15NO2S/c14-11(15)7-12(13-8-1-2-8)5-3-10-9(12)4-6-16-10/h4,6,8,13H,1-3,5,7H2,(H,14,15). The molecule has 0 saturated heterocycles. The second-order valence-corrected chi connectivity index (χ2v) is 5.83. The van der Waals surface area contributed by atoms with Crippen molar-refractivity contribution in [1.29, 1.82) is 0 Å². The SMILES string of the molecule is O=C(O)CC1(NC2CC2)CCc2sccc21. The van der Waals surface area contributed by atoms with E-state index in [1.807, 2.05) is 0 Å². The van der Waals surface area contributed by atoms with E-state index in [0.717, 1.165) is 12.8 Å². The fraction of sp³-hybridized carbons (Fsp3) is 0.583. The van der Waals surface area contributed by atoms with Crippen LogP contribution >= 0.6 is 11.3 Å². The molecule has 2 aliphatic rings. The predicted octanol–water partition coefficient (Wildman–Crippen LogP) is 2.12. The van der Waals surface area contributed by atoms with Crippen molar-refractivity contribution in [3.63, 3.8) is 0 Å². The number of fused-ring (bicyclic) bond motifs is 1. The molecule has 1 unspecified atom stereocenters. The van der Waals surface area contributed by atoms with E-state index in [1.165, 1.54) is 23.3 Å². The third-order valence-electron chi connectivity index (χ3n) is 3.55. The number of hydrogen-bond donors (Lipinski definition) is 2. The highest BCUT2D eigenvalue weighted by atomic mass is 32.1. The zero-order valence-electron chi connectivity index (χ0n) is 9.03. The summed E-state index contributed by atoms with van der Waals surface area (Å²) in [5, 5.41) is 14.7. The Kier molecular flexibility index (Phi) is 2.30. The third kappa shape index (κ3) is 1.66. The van der Waals surface area contributed by atoms with Crippen LogP contribution in [0, 0.1) is 0 Å². The van der Waals surface area contributed by atoms with Crippen molar-refractivity contribution in [3.8, 4) is 0 Å². The second kappa shape index (κ2) is 3.57. The molecule has 1 aromatic rings. The number of hydrogen-bond acceptors (Lipinski definition) is 3. The monoisotopic (exact) mass is 237 g/mol. The average molecular weight is 237 g/mol. The molecule has 1 heterocycles. The van der Waals surface area contributed by atoms with Gasteiger partial charge in [0, 0.05) is 10.9 Å². The van der Waals surface area contributed by atoms with Gasteiger partial charge in [0.15, 0.2) is 0 Å². The first-order valence-electron chi connectivity index (χ1n) is 5.76. The van der Waals surface area contributed by atoms with Crippen LogP contribution in [0.3, 0.4) is 0 Å². The second-order valence-electron chi connectivity index (χ2n) is 4.83. The van der Waals surface area contributed by atoms with Crippen LogP contribution in [0.15, 0.2) is 11.4 Å². The first-order chi connectivity index (χ1) is 7.70. The Morgan fingerprint density at radius 2 is 2.44 bits per heavy atom. The number of carboxylic acid groups (broad SMARTS) is 1. The molecule has 16 heavy (non-hydrogen) atoms. The molecule has 3 nitrogen and oxygen atoms in total. The normalized spacial score (nSPS) is 28.0. The lowest BCUT2D eigenvalue weighted by molar-refractivity contribution is -0.138. The van der Waals surface area contributed by atoms with Crippen molar-refractivity contribution in [1.82, 2.24) is 5.32 Å². The highest BCUT2D eigenvalue weighted by molar-refractivity contribution is 7.10. The van der Waals surface area contributed by atoms with E-state index in [4.69, 9.17) is 5.11 Å². The molecule has 1 atom stereocenters. The van der Waals surface area contributed by atoms with E-state index in [2.05, 4.69) is 16.8 Å². The topological polar surface area (TPSA) is 49.3 Å². The minimum absolute atomic E-state index is 0.216. The molecule has 2 aliphatic carbocycles. The van der Waals surface area contributed by atoms with Gasteiger partial charge in [-0.2, -0.15) is 0 Å². The Hall–Kier alpha value is -0.870. The molecule has 0 radical (unpaired) electrons. The third-order valence-corrected chi connectivity index (χ3v) is 4.53. The number of rotatable bonds is 4. The molecular weight excluding hydrogens is 222 g/mol. The van der Waals surface area contributed by atoms with Gasteiger partial charge >= 0.3 is 5.97 Å². The van der Waals surface area contributed by atoms with Crippen LogP contribution in [0.1, 0.15) is 36.1 Å². The van der Waals surface area contributed by atoms with E-state index in [-0.39, 0.29) is 12.0 Å². The molecule has 0 aliphatic heterocycles. The number of nitrogens with one attached hydrogen (secondary N) is 1. The first kappa shape index (κ1) is 10.3. The van der Waals surface area contributed by atoms with Gasteiger partial charge in [-0.05, 0) is 42.7 Å². The van der Waals surface area contributed by atoms with Crippen LogP contribution in [-0.2, 0) is 16.8 Å². The van der Waals surface area contributed by atoms with Crippen molar-refractivity contribution in [2.24, 2.45) is 0 Å². The van der Waals surface area contributed by atoms with Gasteiger partial charge in [-0.3, -0.25) is 4.79 Å². The summed E-state index contributed by atoms with van der Waals surface area (Å²) in [7, 11) is 0. The maximum Gasteiger partial charge on any atom is 0.305 e. The number of aryl methyl sites for hydroxylation is 1. The van der Waals surface area contributed by atoms with Gasteiger partial charge in [0.25, 0.3) is 0 Å². The van der Waals surface area contributed by atoms with Gasteiger partial charge < -0.3 is 10.4 Å². The van der Waals surface area contributed by atoms with Crippen LogP contribution < -0.4 is 5.32 Å². The van der Waals surface area contributed by atoms with Crippen LogP contribution in [0.25, 0.3) is 0 Å². The summed E-state index contributed by atoms with van der Waals surface area (Å²) in [6.45, 7) is 0. The molecule has 2 N–H and O–H groups in total. The molecule has 1 fully saturated rings. The molecule has 0 amide bonds. The Bertz CT molecular complexity index is 424. The predicted molar refractivity (Wildman–Crippen MR) is 62.7 cm³/mol. The molecule has 0 spiro atoms. The van der Waals surface area contributed by atoms with Crippen LogP contribution in [0.2, 0.25) is 0 Å². The lowest BCUT2D eigenvalue weighted by Gasteiger charge is -2.29. The molecule has 1 aromatic heterocycles. The fourth-order valence-corrected chi connectivity index (χ4v) is 3.66. The zero-order chi connectivity index (χ0) is 11.2. The molecule has 0 aromatic carbocycles. The zero-order valence-corrected chi connectivity index (χ0v) is 9.85. The summed E-state index contributed by atoms with van der Waals surface area (Å²) in [4.78, 5) is 12.4. The maximum atomic E-state index is 11.1. The van der Waals surface area contributed by atoms with Gasteiger partial charge in [-0.25, -0.2) is 0 Å². The Balaban J connectivity index is 1.92. The first-order valence-corrected chi connectivity index (χ1v) is 6.64. The number of carboxylic acids is 1. The van der Waals surface area contributed by atoms with Crippen molar-refractivity contribution in [2.45, 2.75) is 43.7 Å². The molecule has 4 heteroatoms. The Morgan fingerprint density at radius 1 is 1.62 bits per heavy atom. The molecular formula is C12H15NO2S. The van der Waals surface area contributed by atoms with E-state index in [0.29, 0.717) is 6.04 Å². The highest BCUT2D eigenvalue weighted by Crippen LogP contribution is 2.44. The van der Waals surface area contributed by atoms with E-state index in [9.17, 15) is 4.79 Å². The number of aliphatic carboxylic acids is 1. The van der Waals surface area contributed by atoms with E-state index >= 15 is 0 Å². The smallest absolute Gasteiger partial charge is 0.305 e. The van der Waals surface area contributed by atoms with Gasteiger partial charge in [0.1, 0.15) is 0 Å². The van der Waals surface area contributed by atoms with Gasteiger partial charge in [0.2, 0.25) is 0 Å². The van der Waals surface area contributed by atoms with Crippen molar-refractivity contribution < 1.29 is 9.90 Å². The lowest BCUT2D eigenvalue weighted by atomic mass is 9.89. The summed E-state index contributed by atoms with van der Waals surface area (Å²) in [5.41, 5.74) is 0.967. The quantitative estimate of drug-likeness (QED) is 0.843. The van der Waals surface area contributed by atoms with E-state index in [1.54, 1.807) is 11.3 Å². The summed E-state index contributed by atoms with van der Waals surface area (Å²) >= 11 is 1.76. The Morgan fingerprint density at radius 3 is 3.12 bits per heavy atom. The van der Waals surface area contributed by atoms with Crippen LogP contribution in [0.4, 0.5) is 0 Å². The summed E-state index contributed by atoms with van der Waals surface area (Å²) in [5.74, 6) is -0.702. The number of thiophene rings is 1. The molecule has 3 rings (SSSR count). The number of carbonyl (C=O) groups is 1. The van der Waals surface area contributed by atoms with Gasteiger partial charge in [-0.1, -0.05) is 0 Å². The lowest BCUT2D eigenvalue weighted by Crippen LogP contribution is -2.43. The minimum atomic E-state index is -0.702. The molecule has 86 valence electrons. The highest BCUT2D eigenvalue weighted by Gasteiger charge is 2.44. The van der Waals surface area contributed by atoms with Gasteiger partial charge in [0.05, 0.1) is 12.0 Å². The van der Waals surface area contributed by atoms with Crippen LogP contribution in [-0.4, -0.2) is 17.1 Å². The van der Waals surface area contributed by atoms with Crippen molar-refractivity contribution in [3.05, 3.63) is 21.9 Å². The van der Waals surface area contributed by atoms with Crippen molar-refractivity contribution >= 4 is 17.3 Å². The molecule has 0 bridgehead atoms. The summed E-state index contributed by atoms with van der Waals surface area (Å²) < 4.78 is 0. The minimum Gasteiger partial charge on any atom is -0.481 e. The Labute approximate surface area is 98.5 Å². The maximum absolute atomic E-state index is 11.1. The van der Waals surface area contributed by atoms with Crippen LogP contribution in [0.5, 0.6) is 0 Å². The molecule has 1 saturated carbocycles.